The number of Topliss-reactive ketones (excluding diaryl/α,β-unsaturated/α-hetero) is 1. The zero-order valence-corrected chi connectivity index (χ0v) is 11.1. The number of hydrogen-bond donors (Lipinski definition) is 0. The monoisotopic (exact) mass is 274 g/mol. The van der Waals surface area contributed by atoms with Crippen LogP contribution in [0.1, 0.15) is 17.3 Å². The van der Waals surface area contributed by atoms with E-state index in [1.165, 1.54) is 19.1 Å². The first-order valence-corrected chi connectivity index (χ1v) is 6.27. The first-order valence-electron chi connectivity index (χ1n) is 6.27. The second-order valence-electron chi connectivity index (χ2n) is 4.23. The maximum Gasteiger partial charge on any atom is 0.159 e. The van der Waals surface area contributed by atoms with Crippen LogP contribution in [-0.2, 0) is 0 Å². The van der Waals surface area contributed by atoms with E-state index in [1.807, 2.05) is 0 Å². The van der Waals surface area contributed by atoms with Crippen molar-refractivity contribution < 1.29 is 18.7 Å². The van der Waals surface area contributed by atoms with Gasteiger partial charge in [0.15, 0.2) is 5.78 Å². The van der Waals surface area contributed by atoms with Crippen molar-refractivity contribution in [3.8, 4) is 11.5 Å². The Morgan fingerprint density at radius 1 is 0.900 bits per heavy atom. The van der Waals surface area contributed by atoms with Crippen LogP contribution in [0.15, 0.2) is 48.5 Å². The SMILES string of the molecule is CC(=O)c1ccc(OCCOc2ccc(F)cc2)cc1. The van der Waals surface area contributed by atoms with Gasteiger partial charge in [0.25, 0.3) is 0 Å². The van der Waals surface area contributed by atoms with E-state index >= 15 is 0 Å². The molecular formula is C16H15FO3. The maximum atomic E-state index is 12.7. The molecule has 0 saturated carbocycles. The smallest absolute Gasteiger partial charge is 0.159 e. The van der Waals surface area contributed by atoms with Crippen molar-refractivity contribution in [2.24, 2.45) is 0 Å². The van der Waals surface area contributed by atoms with Crippen LogP contribution in [0.4, 0.5) is 4.39 Å². The molecule has 0 atom stereocenters. The maximum absolute atomic E-state index is 12.7. The summed E-state index contributed by atoms with van der Waals surface area (Å²) in [5, 5.41) is 0. The molecule has 0 aromatic heterocycles. The van der Waals surface area contributed by atoms with E-state index in [2.05, 4.69) is 0 Å². The summed E-state index contributed by atoms with van der Waals surface area (Å²) in [6.45, 7) is 2.25. The van der Waals surface area contributed by atoms with Gasteiger partial charge in [0, 0.05) is 5.56 Å². The Labute approximate surface area is 117 Å². The second-order valence-corrected chi connectivity index (χ2v) is 4.23. The molecule has 0 aliphatic heterocycles. The van der Waals surface area contributed by atoms with E-state index < -0.39 is 0 Å². The highest BCUT2D eigenvalue weighted by molar-refractivity contribution is 5.94. The van der Waals surface area contributed by atoms with Crippen LogP contribution in [0.5, 0.6) is 11.5 Å². The Morgan fingerprint density at radius 3 is 1.80 bits per heavy atom. The van der Waals surface area contributed by atoms with Crippen molar-refractivity contribution in [1.82, 2.24) is 0 Å². The summed E-state index contributed by atoms with van der Waals surface area (Å²) in [4.78, 5) is 11.1. The van der Waals surface area contributed by atoms with Gasteiger partial charge in [-0.1, -0.05) is 0 Å². The average Bonchev–Trinajstić information content (AvgIpc) is 2.46. The van der Waals surface area contributed by atoms with E-state index in [0.29, 0.717) is 30.3 Å². The average molecular weight is 274 g/mol. The van der Waals surface area contributed by atoms with Crippen LogP contribution in [-0.4, -0.2) is 19.0 Å². The summed E-state index contributed by atoms with van der Waals surface area (Å²) < 4.78 is 23.6. The molecule has 104 valence electrons. The molecule has 0 bridgehead atoms. The lowest BCUT2D eigenvalue weighted by atomic mass is 10.1. The summed E-state index contributed by atoms with van der Waals surface area (Å²) in [5.74, 6) is 1.01. The van der Waals surface area contributed by atoms with E-state index in [0.717, 1.165) is 0 Å². The van der Waals surface area contributed by atoms with Crippen LogP contribution in [0, 0.1) is 5.82 Å². The molecule has 0 aliphatic rings. The standard InChI is InChI=1S/C16H15FO3/c1-12(18)13-2-6-15(7-3-13)19-10-11-20-16-8-4-14(17)5-9-16/h2-9H,10-11H2,1H3. The van der Waals surface area contributed by atoms with Gasteiger partial charge in [-0.05, 0) is 55.5 Å². The third-order valence-electron chi connectivity index (χ3n) is 2.70. The number of carbonyl (C=O) groups is 1. The van der Waals surface area contributed by atoms with Crippen molar-refractivity contribution in [3.63, 3.8) is 0 Å². The fourth-order valence-corrected chi connectivity index (χ4v) is 1.64. The molecule has 0 unspecified atom stereocenters. The highest BCUT2D eigenvalue weighted by Gasteiger charge is 2.00. The minimum Gasteiger partial charge on any atom is -0.490 e. The van der Waals surface area contributed by atoms with Crippen molar-refractivity contribution in [1.29, 1.82) is 0 Å². The molecule has 0 spiro atoms. The molecule has 3 nitrogen and oxygen atoms in total. The summed E-state index contributed by atoms with van der Waals surface area (Å²) in [7, 11) is 0. The normalized spacial score (nSPS) is 10.1. The van der Waals surface area contributed by atoms with Crippen LogP contribution in [0.3, 0.4) is 0 Å². The highest BCUT2D eigenvalue weighted by atomic mass is 19.1. The molecule has 2 rings (SSSR count). The Hall–Kier alpha value is -2.36. The molecule has 0 heterocycles. The minimum absolute atomic E-state index is 0.0243. The summed E-state index contributed by atoms with van der Waals surface area (Å²) in [6, 6.07) is 12.8. The molecule has 20 heavy (non-hydrogen) atoms. The largest absolute Gasteiger partial charge is 0.490 e. The molecule has 4 heteroatoms. The number of ketones is 1. The predicted molar refractivity (Wildman–Crippen MR) is 73.8 cm³/mol. The summed E-state index contributed by atoms with van der Waals surface area (Å²) >= 11 is 0. The fraction of sp³-hybridized carbons (Fsp3) is 0.188. The summed E-state index contributed by atoms with van der Waals surface area (Å²) in [6.07, 6.45) is 0. The quantitative estimate of drug-likeness (QED) is 0.597. The van der Waals surface area contributed by atoms with Gasteiger partial charge in [0.1, 0.15) is 30.5 Å². The molecular weight excluding hydrogens is 259 g/mol. The van der Waals surface area contributed by atoms with Gasteiger partial charge < -0.3 is 9.47 Å². The third kappa shape index (κ3) is 4.09. The summed E-state index contributed by atoms with van der Waals surface area (Å²) in [5.41, 5.74) is 0.653. The number of rotatable bonds is 6. The Kier molecular flexibility index (Phi) is 4.71. The van der Waals surface area contributed by atoms with E-state index in [4.69, 9.17) is 9.47 Å². The lowest BCUT2D eigenvalue weighted by Crippen LogP contribution is -2.09. The molecule has 2 aromatic rings. The predicted octanol–water partition coefficient (Wildman–Crippen LogP) is 3.49. The molecule has 0 amide bonds. The van der Waals surface area contributed by atoms with Crippen LogP contribution < -0.4 is 9.47 Å². The fourth-order valence-electron chi connectivity index (χ4n) is 1.64. The van der Waals surface area contributed by atoms with Gasteiger partial charge in [-0.15, -0.1) is 0 Å². The van der Waals surface area contributed by atoms with Crippen molar-refractivity contribution in [2.45, 2.75) is 6.92 Å². The van der Waals surface area contributed by atoms with Crippen LogP contribution >= 0.6 is 0 Å². The first kappa shape index (κ1) is 14.1. The van der Waals surface area contributed by atoms with E-state index in [1.54, 1.807) is 36.4 Å². The number of halogens is 1. The van der Waals surface area contributed by atoms with Gasteiger partial charge in [0.2, 0.25) is 0 Å². The molecule has 0 aliphatic carbocycles. The Morgan fingerprint density at radius 2 is 1.35 bits per heavy atom. The van der Waals surface area contributed by atoms with Gasteiger partial charge >= 0.3 is 0 Å². The third-order valence-corrected chi connectivity index (χ3v) is 2.70. The van der Waals surface area contributed by atoms with Gasteiger partial charge in [-0.2, -0.15) is 0 Å². The highest BCUT2D eigenvalue weighted by Crippen LogP contribution is 2.13. The lowest BCUT2D eigenvalue weighted by Gasteiger charge is -2.08. The molecule has 0 saturated heterocycles. The second kappa shape index (κ2) is 6.70. The van der Waals surface area contributed by atoms with Crippen molar-refractivity contribution in [2.75, 3.05) is 13.2 Å². The molecule has 0 radical (unpaired) electrons. The zero-order chi connectivity index (χ0) is 14.4. The van der Waals surface area contributed by atoms with Crippen molar-refractivity contribution >= 4 is 5.78 Å². The molecule has 2 aromatic carbocycles. The van der Waals surface area contributed by atoms with Gasteiger partial charge in [-0.25, -0.2) is 4.39 Å². The van der Waals surface area contributed by atoms with Crippen molar-refractivity contribution in [3.05, 3.63) is 59.9 Å². The van der Waals surface area contributed by atoms with Gasteiger partial charge in [-0.3, -0.25) is 4.79 Å². The zero-order valence-electron chi connectivity index (χ0n) is 11.1. The number of carbonyl (C=O) groups excluding carboxylic acids is 1. The first-order chi connectivity index (χ1) is 9.65. The topological polar surface area (TPSA) is 35.5 Å². The number of benzene rings is 2. The Bertz CT molecular complexity index is 561. The Balaban J connectivity index is 1.75. The van der Waals surface area contributed by atoms with E-state index in [9.17, 15) is 9.18 Å². The number of hydrogen-bond acceptors (Lipinski definition) is 3. The number of ether oxygens (including phenoxy) is 2. The minimum atomic E-state index is -0.292. The molecule has 0 fully saturated rings. The lowest BCUT2D eigenvalue weighted by molar-refractivity contribution is 0.101. The van der Waals surface area contributed by atoms with E-state index in [-0.39, 0.29) is 11.6 Å². The van der Waals surface area contributed by atoms with Crippen LogP contribution in [0.2, 0.25) is 0 Å². The van der Waals surface area contributed by atoms with Crippen LogP contribution in [0.25, 0.3) is 0 Å². The van der Waals surface area contributed by atoms with Gasteiger partial charge in [0.05, 0.1) is 0 Å². The molecule has 0 N–H and O–H groups in total.